The number of carbonyl (C=O) groups is 1. The van der Waals surface area contributed by atoms with E-state index in [1.165, 1.54) is 0 Å². The Labute approximate surface area is 113 Å². The summed E-state index contributed by atoms with van der Waals surface area (Å²) < 4.78 is 9.61. The van der Waals surface area contributed by atoms with E-state index in [1.54, 1.807) is 6.92 Å². The molecule has 0 saturated carbocycles. The fourth-order valence-corrected chi connectivity index (χ4v) is 1.80. The lowest BCUT2D eigenvalue weighted by molar-refractivity contribution is -0.139. The molecule has 0 saturated heterocycles. The van der Waals surface area contributed by atoms with Crippen molar-refractivity contribution in [3.63, 3.8) is 0 Å². The van der Waals surface area contributed by atoms with E-state index in [1.807, 2.05) is 0 Å². The molecule has 106 valence electrons. The molecule has 0 radical (unpaired) electrons. The minimum absolute atomic E-state index is 0.273. The van der Waals surface area contributed by atoms with Crippen LogP contribution in [0.3, 0.4) is 0 Å². The summed E-state index contributed by atoms with van der Waals surface area (Å²) in [7, 11) is 0. The molecule has 0 aromatic carbocycles. The lowest BCUT2D eigenvalue weighted by Crippen LogP contribution is -2.06. The van der Waals surface area contributed by atoms with E-state index in [2.05, 4.69) is 22.9 Å². The molecule has 0 spiro atoms. The third-order valence-corrected chi connectivity index (χ3v) is 2.96. The molecule has 0 amide bonds. The molecule has 5 nitrogen and oxygen atoms in total. The van der Waals surface area contributed by atoms with Gasteiger partial charge in [-0.15, -0.1) is 0 Å². The number of esters is 1. The monoisotopic (exact) mass is 296 g/mol. The summed E-state index contributed by atoms with van der Waals surface area (Å²) >= 11 is 4.31. The zero-order valence-corrected chi connectivity index (χ0v) is 12.3. The minimum atomic E-state index is -3.48. The normalized spacial score (nSPS) is 11.3. The largest absolute Gasteiger partial charge is 0.462 e. The van der Waals surface area contributed by atoms with Crippen molar-refractivity contribution < 1.29 is 23.8 Å². The average Bonchev–Trinajstić information content (AvgIpc) is 2.24. The summed E-state index contributed by atoms with van der Waals surface area (Å²) in [5.41, 5.74) is 0.413. The van der Waals surface area contributed by atoms with Gasteiger partial charge in [-0.1, -0.05) is 25.8 Å². The lowest BCUT2D eigenvalue weighted by Gasteiger charge is -2.07. The van der Waals surface area contributed by atoms with Crippen molar-refractivity contribution in [1.29, 1.82) is 0 Å². The van der Waals surface area contributed by atoms with E-state index in [9.17, 15) is 4.79 Å². The van der Waals surface area contributed by atoms with Crippen LogP contribution in [0.2, 0.25) is 0 Å². The molecule has 18 heavy (non-hydrogen) atoms. The Balaban J connectivity index is 3.24. The van der Waals surface area contributed by atoms with E-state index in [4.69, 9.17) is 14.5 Å². The quantitative estimate of drug-likeness (QED) is 0.279. The minimum Gasteiger partial charge on any atom is -0.462 e. The van der Waals surface area contributed by atoms with Crippen LogP contribution in [0.5, 0.6) is 0 Å². The van der Waals surface area contributed by atoms with Crippen molar-refractivity contribution in [1.82, 2.24) is 0 Å². The van der Waals surface area contributed by atoms with Gasteiger partial charge in [-0.3, -0.25) is 0 Å². The van der Waals surface area contributed by atoms with Gasteiger partial charge < -0.3 is 19.0 Å². The van der Waals surface area contributed by atoms with Gasteiger partial charge in [0.1, 0.15) is 0 Å². The molecular formula is C11H21O5PS. The number of hydrogen-bond donors (Lipinski definition) is 2. The van der Waals surface area contributed by atoms with Crippen LogP contribution >= 0.6 is 6.72 Å². The first-order valence-electron chi connectivity index (χ1n) is 5.85. The Morgan fingerprint density at radius 2 is 1.67 bits per heavy atom. The molecule has 0 aromatic heterocycles. The molecule has 7 heteroatoms. The Kier molecular flexibility index (Phi) is 9.50. The second-order valence-corrected chi connectivity index (χ2v) is 6.67. The third-order valence-electron chi connectivity index (χ3n) is 2.13. The summed E-state index contributed by atoms with van der Waals surface area (Å²) in [4.78, 5) is 28.6. The maximum Gasteiger partial charge on any atom is 0.333 e. The molecule has 0 unspecified atom stereocenters. The van der Waals surface area contributed by atoms with Crippen LogP contribution in [0.15, 0.2) is 12.2 Å². The van der Waals surface area contributed by atoms with Crippen molar-refractivity contribution in [3.05, 3.63) is 12.2 Å². The summed E-state index contributed by atoms with van der Waals surface area (Å²) in [5, 5.41) is 0. The molecule has 0 bridgehead atoms. The summed E-state index contributed by atoms with van der Waals surface area (Å²) in [5.74, 6) is -0.347. The Morgan fingerprint density at radius 1 is 1.17 bits per heavy atom. The molecule has 0 aliphatic rings. The number of carbonyl (C=O) groups excluding carboxylic acids is 1. The van der Waals surface area contributed by atoms with Crippen molar-refractivity contribution in [2.75, 3.05) is 13.2 Å². The highest BCUT2D eigenvalue weighted by Crippen LogP contribution is 2.36. The van der Waals surface area contributed by atoms with Gasteiger partial charge in [0.2, 0.25) is 0 Å². The maximum atomic E-state index is 11.0. The topological polar surface area (TPSA) is 76.0 Å². The standard InChI is InChI=1S/C11H21O5PS/c1-10(2)11(12)15-8-6-4-3-5-7-9-16-17(13,14)18/h1,3-9H2,2H3,(H2,13,14,18). The maximum absolute atomic E-state index is 11.0. The first-order valence-corrected chi connectivity index (χ1v) is 8.48. The van der Waals surface area contributed by atoms with Crippen LogP contribution in [0, 0.1) is 0 Å². The average molecular weight is 296 g/mol. The van der Waals surface area contributed by atoms with E-state index in [0.717, 1.165) is 32.1 Å². The second kappa shape index (κ2) is 9.64. The van der Waals surface area contributed by atoms with Gasteiger partial charge in [-0.25, -0.2) is 4.79 Å². The van der Waals surface area contributed by atoms with E-state index in [-0.39, 0.29) is 12.6 Å². The van der Waals surface area contributed by atoms with Crippen LogP contribution in [0.1, 0.15) is 39.0 Å². The van der Waals surface area contributed by atoms with Gasteiger partial charge in [0, 0.05) is 5.57 Å². The molecule has 0 aliphatic heterocycles. The third kappa shape index (κ3) is 12.2. The van der Waals surface area contributed by atoms with Crippen LogP contribution in [0.4, 0.5) is 0 Å². The van der Waals surface area contributed by atoms with Gasteiger partial charge in [-0.2, -0.15) is 0 Å². The molecule has 0 heterocycles. The van der Waals surface area contributed by atoms with Crippen LogP contribution in [0.25, 0.3) is 0 Å². The fraction of sp³-hybridized carbons (Fsp3) is 0.727. The second-order valence-electron chi connectivity index (χ2n) is 4.01. The van der Waals surface area contributed by atoms with Crippen molar-refractivity contribution >= 4 is 24.5 Å². The molecular weight excluding hydrogens is 275 g/mol. The highest BCUT2D eigenvalue weighted by atomic mass is 32.5. The van der Waals surface area contributed by atoms with Gasteiger partial charge >= 0.3 is 12.7 Å². The van der Waals surface area contributed by atoms with Crippen LogP contribution in [-0.4, -0.2) is 29.0 Å². The van der Waals surface area contributed by atoms with E-state index < -0.39 is 6.72 Å². The van der Waals surface area contributed by atoms with Gasteiger partial charge in [0.15, 0.2) is 0 Å². The number of hydrogen-bond acceptors (Lipinski definition) is 4. The molecule has 0 fully saturated rings. The molecule has 0 rings (SSSR count). The summed E-state index contributed by atoms with van der Waals surface area (Å²) in [6.07, 6.45) is 4.41. The molecule has 0 aromatic rings. The summed E-state index contributed by atoms with van der Waals surface area (Å²) in [6, 6.07) is 0. The number of unbranched alkanes of at least 4 members (excludes halogenated alkanes) is 4. The van der Waals surface area contributed by atoms with Gasteiger partial charge in [-0.05, 0) is 31.6 Å². The van der Waals surface area contributed by atoms with Gasteiger partial charge in [0.05, 0.1) is 13.2 Å². The predicted octanol–water partition coefficient (Wildman–Crippen LogP) is 2.28. The van der Waals surface area contributed by atoms with Crippen molar-refractivity contribution in [2.45, 2.75) is 39.0 Å². The SMILES string of the molecule is C=C(C)C(=O)OCCCCCCCOP(O)(O)=S. The van der Waals surface area contributed by atoms with Crippen molar-refractivity contribution in [2.24, 2.45) is 0 Å². The first-order chi connectivity index (χ1) is 8.33. The van der Waals surface area contributed by atoms with E-state index in [0.29, 0.717) is 12.2 Å². The van der Waals surface area contributed by atoms with E-state index >= 15 is 0 Å². The smallest absolute Gasteiger partial charge is 0.333 e. The summed E-state index contributed by atoms with van der Waals surface area (Å²) in [6.45, 7) is 2.31. The zero-order valence-electron chi connectivity index (χ0n) is 10.6. The lowest BCUT2D eigenvalue weighted by atomic mass is 10.1. The molecule has 2 N–H and O–H groups in total. The van der Waals surface area contributed by atoms with Gasteiger partial charge in [0.25, 0.3) is 0 Å². The zero-order chi connectivity index (χ0) is 14.0. The predicted molar refractivity (Wildman–Crippen MR) is 73.5 cm³/mol. The molecule has 0 atom stereocenters. The molecule has 0 aliphatic carbocycles. The highest BCUT2D eigenvalue weighted by Gasteiger charge is 2.06. The number of ether oxygens (including phenoxy) is 1. The number of rotatable bonds is 10. The van der Waals surface area contributed by atoms with Crippen molar-refractivity contribution in [3.8, 4) is 0 Å². The Hall–Kier alpha value is -0.260. The first kappa shape index (κ1) is 17.7. The Morgan fingerprint density at radius 3 is 2.17 bits per heavy atom. The van der Waals surface area contributed by atoms with Crippen LogP contribution in [-0.2, 0) is 25.9 Å². The Bertz CT molecular complexity index is 313. The van der Waals surface area contributed by atoms with Crippen LogP contribution < -0.4 is 0 Å². The fourth-order valence-electron chi connectivity index (χ4n) is 1.21. The highest BCUT2D eigenvalue weighted by molar-refractivity contribution is 8.06.